The SMILES string of the molecule is CCOC(=O)CC1(NC(=O)N2CCCC2c2ccccc2C)CCCCC1. The van der Waals surface area contributed by atoms with Crippen molar-refractivity contribution < 1.29 is 14.3 Å². The lowest BCUT2D eigenvalue weighted by Crippen LogP contribution is -2.55. The molecule has 5 nitrogen and oxygen atoms in total. The number of nitrogens with zero attached hydrogens (tertiary/aromatic N) is 1. The average Bonchev–Trinajstić information content (AvgIpc) is 3.12. The van der Waals surface area contributed by atoms with Gasteiger partial charge in [0.05, 0.1) is 24.6 Å². The summed E-state index contributed by atoms with van der Waals surface area (Å²) >= 11 is 0. The molecule has 2 fully saturated rings. The smallest absolute Gasteiger partial charge is 0.318 e. The van der Waals surface area contributed by atoms with Crippen molar-refractivity contribution in [3.8, 4) is 0 Å². The highest BCUT2D eigenvalue weighted by molar-refractivity contribution is 5.78. The maximum atomic E-state index is 13.2. The maximum absolute atomic E-state index is 13.2. The molecule has 27 heavy (non-hydrogen) atoms. The minimum atomic E-state index is -0.458. The van der Waals surface area contributed by atoms with Crippen molar-refractivity contribution in [2.45, 2.75) is 76.8 Å². The summed E-state index contributed by atoms with van der Waals surface area (Å²) in [5.74, 6) is -0.212. The Bertz CT molecular complexity index is 667. The maximum Gasteiger partial charge on any atom is 0.318 e. The number of rotatable bonds is 5. The second kappa shape index (κ2) is 8.77. The van der Waals surface area contributed by atoms with Crippen LogP contribution in [0.1, 0.15) is 75.5 Å². The van der Waals surface area contributed by atoms with E-state index in [-0.39, 0.29) is 24.5 Å². The van der Waals surface area contributed by atoms with Crippen molar-refractivity contribution >= 4 is 12.0 Å². The van der Waals surface area contributed by atoms with Crippen LogP contribution in [0, 0.1) is 6.92 Å². The molecule has 1 heterocycles. The van der Waals surface area contributed by atoms with Crippen LogP contribution in [0.5, 0.6) is 0 Å². The molecule has 2 amide bonds. The second-order valence-corrected chi connectivity index (χ2v) is 7.96. The van der Waals surface area contributed by atoms with E-state index in [1.54, 1.807) is 0 Å². The zero-order valence-electron chi connectivity index (χ0n) is 16.6. The molecule has 1 atom stereocenters. The standard InChI is InChI=1S/C22H32N2O3/c1-3-27-20(25)16-22(13-7-4-8-14-22)23-21(26)24-15-9-12-19(24)18-11-6-5-10-17(18)2/h5-6,10-11,19H,3-4,7-9,12-16H2,1-2H3,(H,23,26). The van der Waals surface area contributed by atoms with Crippen LogP contribution < -0.4 is 5.32 Å². The highest BCUT2D eigenvalue weighted by Gasteiger charge is 2.39. The zero-order valence-corrected chi connectivity index (χ0v) is 16.6. The minimum absolute atomic E-state index is 0.0352. The molecule has 1 aromatic carbocycles. The van der Waals surface area contributed by atoms with E-state index in [9.17, 15) is 9.59 Å². The van der Waals surface area contributed by atoms with Gasteiger partial charge in [0.2, 0.25) is 0 Å². The van der Waals surface area contributed by atoms with Gasteiger partial charge in [0, 0.05) is 6.54 Å². The predicted molar refractivity (Wildman–Crippen MR) is 105 cm³/mol. The van der Waals surface area contributed by atoms with Crippen LogP contribution in [0.4, 0.5) is 4.79 Å². The van der Waals surface area contributed by atoms with Crippen molar-refractivity contribution in [2.24, 2.45) is 0 Å². The third-order valence-corrected chi connectivity index (χ3v) is 6.03. The van der Waals surface area contributed by atoms with Crippen LogP contribution in [-0.2, 0) is 9.53 Å². The number of esters is 1. The molecule has 1 saturated carbocycles. The van der Waals surface area contributed by atoms with Crippen LogP contribution in [0.15, 0.2) is 24.3 Å². The van der Waals surface area contributed by atoms with Gasteiger partial charge in [0.15, 0.2) is 0 Å². The van der Waals surface area contributed by atoms with E-state index < -0.39 is 5.54 Å². The van der Waals surface area contributed by atoms with E-state index >= 15 is 0 Å². The average molecular weight is 373 g/mol. The van der Waals surface area contributed by atoms with Crippen molar-refractivity contribution in [1.29, 1.82) is 0 Å². The molecule has 0 spiro atoms. The fraction of sp³-hybridized carbons (Fsp3) is 0.636. The number of benzene rings is 1. The van der Waals surface area contributed by atoms with Gasteiger partial charge in [0.25, 0.3) is 0 Å². The molecule has 1 saturated heterocycles. The van der Waals surface area contributed by atoms with Gasteiger partial charge < -0.3 is 15.0 Å². The number of nitrogens with one attached hydrogen (secondary N) is 1. The first kappa shape index (κ1) is 19.7. The van der Waals surface area contributed by atoms with Gasteiger partial charge in [0.1, 0.15) is 0 Å². The van der Waals surface area contributed by atoms with Crippen LogP contribution in [-0.4, -0.2) is 35.6 Å². The number of hydrogen-bond donors (Lipinski definition) is 1. The largest absolute Gasteiger partial charge is 0.466 e. The summed E-state index contributed by atoms with van der Waals surface area (Å²) < 4.78 is 5.18. The Labute approximate surface area is 162 Å². The first-order chi connectivity index (χ1) is 13.0. The number of carbonyl (C=O) groups excluding carboxylic acids is 2. The second-order valence-electron chi connectivity index (χ2n) is 7.96. The van der Waals surface area contributed by atoms with E-state index in [1.807, 2.05) is 24.0 Å². The molecule has 1 aliphatic carbocycles. The summed E-state index contributed by atoms with van der Waals surface area (Å²) in [6.07, 6.45) is 7.22. The number of amides is 2. The molecule has 0 bridgehead atoms. The van der Waals surface area contributed by atoms with E-state index in [4.69, 9.17) is 4.74 Å². The summed E-state index contributed by atoms with van der Waals surface area (Å²) in [6.45, 7) is 5.07. The van der Waals surface area contributed by atoms with Gasteiger partial charge in [-0.2, -0.15) is 0 Å². The van der Waals surface area contributed by atoms with Crippen LogP contribution in [0.25, 0.3) is 0 Å². The molecule has 148 valence electrons. The van der Waals surface area contributed by atoms with Gasteiger partial charge in [-0.15, -0.1) is 0 Å². The third kappa shape index (κ3) is 4.63. The van der Waals surface area contributed by atoms with Crippen molar-refractivity contribution in [3.05, 3.63) is 35.4 Å². The summed E-state index contributed by atoms with van der Waals surface area (Å²) in [7, 11) is 0. The first-order valence-corrected chi connectivity index (χ1v) is 10.3. The highest BCUT2D eigenvalue weighted by atomic mass is 16.5. The normalized spacial score (nSPS) is 21.7. The van der Waals surface area contributed by atoms with Gasteiger partial charge in [-0.1, -0.05) is 43.5 Å². The van der Waals surface area contributed by atoms with Gasteiger partial charge in [-0.05, 0) is 50.7 Å². The highest BCUT2D eigenvalue weighted by Crippen LogP contribution is 2.36. The van der Waals surface area contributed by atoms with Gasteiger partial charge in [-0.3, -0.25) is 4.79 Å². The Hall–Kier alpha value is -2.04. The lowest BCUT2D eigenvalue weighted by Gasteiger charge is -2.39. The molecule has 3 rings (SSSR count). The van der Waals surface area contributed by atoms with Crippen molar-refractivity contribution in [3.63, 3.8) is 0 Å². The Morgan fingerprint density at radius 1 is 1.19 bits per heavy atom. The summed E-state index contributed by atoms with van der Waals surface area (Å²) in [4.78, 5) is 27.3. The van der Waals surface area contributed by atoms with Crippen LogP contribution >= 0.6 is 0 Å². The quantitative estimate of drug-likeness (QED) is 0.774. The fourth-order valence-corrected chi connectivity index (χ4v) is 4.66. The fourth-order valence-electron chi connectivity index (χ4n) is 4.66. The van der Waals surface area contributed by atoms with Crippen LogP contribution in [0.3, 0.4) is 0 Å². The predicted octanol–water partition coefficient (Wildman–Crippen LogP) is 4.50. The molecule has 5 heteroatoms. The molecule has 1 N–H and O–H groups in total. The van der Waals surface area contributed by atoms with E-state index in [2.05, 4.69) is 24.4 Å². The van der Waals surface area contributed by atoms with Crippen LogP contribution in [0.2, 0.25) is 0 Å². The molecule has 1 aromatic rings. The van der Waals surface area contributed by atoms with E-state index in [0.717, 1.165) is 51.5 Å². The van der Waals surface area contributed by atoms with Crippen molar-refractivity contribution in [1.82, 2.24) is 10.2 Å². The lowest BCUT2D eigenvalue weighted by molar-refractivity contribution is -0.145. The molecule has 0 radical (unpaired) electrons. The number of hydrogen-bond acceptors (Lipinski definition) is 3. The van der Waals surface area contributed by atoms with Crippen molar-refractivity contribution in [2.75, 3.05) is 13.2 Å². The molecular formula is C22H32N2O3. The van der Waals surface area contributed by atoms with E-state index in [1.165, 1.54) is 11.1 Å². The molecule has 1 aliphatic heterocycles. The number of likely N-dealkylation sites (tertiary alicyclic amines) is 1. The number of carbonyl (C=O) groups is 2. The zero-order chi connectivity index (χ0) is 19.3. The number of aryl methyl sites for hydroxylation is 1. The topological polar surface area (TPSA) is 58.6 Å². The third-order valence-electron chi connectivity index (χ3n) is 6.03. The first-order valence-electron chi connectivity index (χ1n) is 10.3. The number of urea groups is 1. The molecule has 2 aliphatic rings. The van der Waals surface area contributed by atoms with E-state index in [0.29, 0.717) is 6.61 Å². The minimum Gasteiger partial charge on any atom is -0.466 e. The lowest BCUT2D eigenvalue weighted by atomic mass is 9.79. The molecule has 0 aromatic heterocycles. The summed E-state index contributed by atoms with van der Waals surface area (Å²) in [5, 5.41) is 3.27. The molecule has 1 unspecified atom stereocenters. The Morgan fingerprint density at radius 3 is 2.63 bits per heavy atom. The molecular weight excluding hydrogens is 340 g/mol. The Balaban J connectivity index is 1.74. The summed E-state index contributed by atoms with van der Waals surface area (Å²) in [6, 6.07) is 8.39. The Morgan fingerprint density at radius 2 is 1.93 bits per heavy atom. The Kier molecular flexibility index (Phi) is 6.40. The van der Waals surface area contributed by atoms with Gasteiger partial charge >= 0.3 is 12.0 Å². The number of ether oxygens (including phenoxy) is 1. The monoisotopic (exact) mass is 372 g/mol. The summed E-state index contributed by atoms with van der Waals surface area (Å²) in [5.41, 5.74) is 2.00. The van der Waals surface area contributed by atoms with Gasteiger partial charge in [-0.25, -0.2) is 4.79 Å².